The molecule has 0 radical (unpaired) electrons. The lowest BCUT2D eigenvalue weighted by atomic mass is 10.2. The molecular formula is C19H16Cl3F2N4O2+. The third-order valence-electron chi connectivity index (χ3n) is 5.37. The molecule has 2 heterocycles. The normalized spacial score (nSPS) is 26.6. The van der Waals surface area contributed by atoms with Gasteiger partial charge in [-0.15, -0.1) is 4.59 Å². The first-order chi connectivity index (χ1) is 14.0. The van der Waals surface area contributed by atoms with Crippen molar-refractivity contribution in [2.45, 2.75) is 23.0 Å². The molecule has 0 saturated carbocycles. The number of nitrogens with zero attached hydrogens (tertiary/aromatic N) is 3. The molecule has 158 valence electrons. The van der Waals surface area contributed by atoms with Gasteiger partial charge in [0.25, 0.3) is 6.17 Å². The van der Waals surface area contributed by atoms with Crippen molar-refractivity contribution in [1.82, 2.24) is 5.01 Å². The lowest BCUT2D eigenvalue weighted by Crippen LogP contribution is -2.52. The zero-order chi connectivity index (χ0) is 22.0. The zero-order valence-electron chi connectivity index (χ0n) is 15.7. The van der Waals surface area contributed by atoms with Crippen molar-refractivity contribution in [2.24, 2.45) is 0 Å². The van der Waals surface area contributed by atoms with Crippen LogP contribution in [0.2, 0.25) is 0 Å². The smallest absolute Gasteiger partial charge is 0.359 e. The molecule has 4 unspecified atom stereocenters. The SMILES string of the molecule is Cc1c(F)ccc(NC(N2C3C(=O)N(c4ccccc4)C(=O)[N+]32C)C(Cl)(Cl)Cl)c1F. The lowest BCUT2D eigenvalue weighted by molar-refractivity contribution is -0.768. The van der Waals surface area contributed by atoms with Crippen LogP contribution in [0.25, 0.3) is 0 Å². The fourth-order valence-electron chi connectivity index (χ4n) is 3.72. The van der Waals surface area contributed by atoms with Gasteiger partial charge < -0.3 is 5.32 Å². The van der Waals surface area contributed by atoms with Crippen LogP contribution in [0.15, 0.2) is 42.5 Å². The Morgan fingerprint density at radius 2 is 1.73 bits per heavy atom. The van der Waals surface area contributed by atoms with E-state index in [0.717, 1.165) is 17.0 Å². The molecule has 2 fully saturated rings. The number of hydrogen-bond acceptors (Lipinski definition) is 4. The number of carbonyl (C=O) groups excluding carboxylic acids is 2. The third-order valence-corrected chi connectivity index (χ3v) is 5.99. The highest BCUT2D eigenvalue weighted by molar-refractivity contribution is 6.68. The van der Waals surface area contributed by atoms with Crippen molar-refractivity contribution < 1.29 is 23.0 Å². The number of rotatable bonds is 4. The summed E-state index contributed by atoms with van der Waals surface area (Å²) in [6, 6.07) is 10.2. The summed E-state index contributed by atoms with van der Waals surface area (Å²) in [7, 11) is 1.51. The van der Waals surface area contributed by atoms with Gasteiger partial charge in [0, 0.05) is 5.56 Å². The zero-order valence-corrected chi connectivity index (χ0v) is 18.0. The molecule has 2 saturated heterocycles. The molecule has 0 bridgehead atoms. The average molecular weight is 477 g/mol. The number of anilines is 2. The minimum absolute atomic E-state index is 0.122. The minimum Gasteiger partial charge on any atom is -0.359 e. The van der Waals surface area contributed by atoms with Crippen LogP contribution in [-0.2, 0) is 4.79 Å². The van der Waals surface area contributed by atoms with Gasteiger partial charge in [-0.2, -0.15) is 4.90 Å². The van der Waals surface area contributed by atoms with Gasteiger partial charge >= 0.3 is 11.9 Å². The van der Waals surface area contributed by atoms with Crippen LogP contribution in [0.1, 0.15) is 5.56 Å². The molecule has 11 heteroatoms. The van der Waals surface area contributed by atoms with E-state index in [0.29, 0.717) is 5.69 Å². The molecule has 2 aliphatic rings. The third kappa shape index (κ3) is 3.06. The van der Waals surface area contributed by atoms with Crippen LogP contribution in [0.4, 0.5) is 25.0 Å². The van der Waals surface area contributed by atoms with Crippen LogP contribution in [0.5, 0.6) is 0 Å². The molecule has 3 amide bonds. The van der Waals surface area contributed by atoms with Crippen molar-refractivity contribution in [3.8, 4) is 0 Å². The average Bonchev–Trinajstić information content (AvgIpc) is 3.25. The molecule has 2 aliphatic heterocycles. The van der Waals surface area contributed by atoms with E-state index in [2.05, 4.69) is 5.32 Å². The number of halogens is 5. The predicted octanol–water partition coefficient (Wildman–Crippen LogP) is 4.55. The molecule has 1 N–H and O–H groups in total. The second kappa shape index (κ2) is 7.03. The van der Waals surface area contributed by atoms with E-state index in [4.69, 9.17) is 34.8 Å². The van der Waals surface area contributed by atoms with Crippen molar-refractivity contribution in [1.29, 1.82) is 0 Å². The number of nitrogens with one attached hydrogen (secondary N) is 1. The van der Waals surface area contributed by atoms with Gasteiger partial charge in [-0.25, -0.2) is 13.6 Å². The molecule has 0 aromatic heterocycles. The van der Waals surface area contributed by atoms with E-state index in [9.17, 15) is 18.4 Å². The predicted molar refractivity (Wildman–Crippen MR) is 110 cm³/mol. The van der Waals surface area contributed by atoms with E-state index in [-0.39, 0.29) is 11.3 Å². The highest BCUT2D eigenvalue weighted by Gasteiger charge is 2.83. The van der Waals surface area contributed by atoms with Crippen molar-refractivity contribution in [3.05, 3.63) is 59.7 Å². The lowest BCUT2D eigenvalue weighted by Gasteiger charge is -2.28. The quantitative estimate of drug-likeness (QED) is 0.304. The summed E-state index contributed by atoms with van der Waals surface area (Å²) in [6.07, 6.45) is -2.20. The largest absolute Gasteiger partial charge is 0.452 e. The Kier molecular flexibility index (Phi) is 4.99. The Morgan fingerprint density at radius 3 is 2.27 bits per heavy atom. The molecule has 30 heavy (non-hydrogen) atoms. The second-order valence-electron chi connectivity index (χ2n) is 7.19. The first kappa shape index (κ1) is 21.3. The fraction of sp³-hybridized carbons (Fsp3) is 0.263. The highest BCUT2D eigenvalue weighted by Crippen LogP contribution is 2.51. The van der Waals surface area contributed by atoms with Crippen LogP contribution in [0, 0.1) is 18.6 Å². The molecular weight excluding hydrogens is 461 g/mol. The number of hydrogen-bond donors (Lipinski definition) is 1. The first-order valence-corrected chi connectivity index (χ1v) is 9.99. The van der Waals surface area contributed by atoms with E-state index in [1.165, 1.54) is 19.0 Å². The number of urea groups is 1. The van der Waals surface area contributed by atoms with E-state index in [1.807, 2.05) is 0 Å². The van der Waals surface area contributed by atoms with E-state index >= 15 is 0 Å². The summed E-state index contributed by atoms with van der Waals surface area (Å²) in [5, 5.41) is 4.06. The van der Waals surface area contributed by atoms with Gasteiger partial charge in [-0.1, -0.05) is 53.0 Å². The van der Waals surface area contributed by atoms with Gasteiger partial charge in [-0.05, 0) is 36.2 Å². The van der Waals surface area contributed by atoms with Crippen LogP contribution in [0.3, 0.4) is 0 Å². The first-order valence-electron chi connectivity index (χ1n) is 8.86. The van der Waals surface area contributed by atoms with Gasteiger partial charge in [-0.3, -0.25) is 4.79 Å². The fourth-order valence-corrected chi connectivity index (χ4v) is 4.18. The maximum Gasteiger partial charge on any atom is 0.452 e. The number of fused-ring (bicyclic) bond motifs is 1. The maximum absolute atomic E-state index is 14.5. The summed E-state index contributed by atoms with van der Waals surface area (Å²) in [4.78, 5) is 27.2. The molecule has 4 rings (SSSR count). The van der Waals surface area contributed by atoms with Crippen molar-refractivity contribution in [2.75, 3.05) is 17.3 Å². The summed E-state index contributed by atoms with van der Waals surface area (Å²) in [5.41, 5.74) is 0.0950. The number of benzene rings is 2. The maximum atomic E-state index is 14.5. The number of carbonyl (C=O) groups is 2. The molecule has 0 spiro atoms. The van der Waals surface area contributed by atoms with Gasteiger partial charge in [0.2, 0.25) is 3.79 Å². The number of quaternary nitrogens is 1. The number of amides is 3. The number of para-hydroxylation sites is 1. The summed E-state index contributed by atoms with van der Waals surface area (Å²) < 4.78 is 25.6. The Bertz CT molecular complexity index is 1050. The summed E-state index contributed by atoms with van der Waals surface area (Å²) >= 11 is 18.3. The monoisotopic (exact) mass is 475 g/mol. The molecule has 0 aliphatic carbocycles. The van der Waals surface area contributed by atoms with E-state index < -0.39 is 44.3 Å². The number of alkyl halides is 3. The Labute approximate surface area is 186 Å². The summed E-state index contributed by atoms with van der Waals surface area (Å²) in [6.45, 7) is 1.27. The molecule has 2 aromatic carbocycles. The van der Waals surface area contributed by atoms with Crippen molar-refractivity contribution in [3.63, 3.8) is 0 Å². The van der Waals surface area contributed by atoms with E-state index in [1.54, 1.807) is 30.3 Å². The Morgan fingerprint density at radius 1 is 1.10 bits per heavy atom. The summed E-state index contributed by atoms with van der Waals surface area (Å²) in [5.74, 6) is -2.08. The molecule has 4 atom stereocenters. The standard InChI is InChI=1S/C19H16Cl3F2N4O2/c1-10-12(23)8-9-13(14(10)24)25-17(19(20,21)22)27-15-16(29)26(18(30)28(15,27)2)11-6-4-3-5-7-11/h3-9,15,17,25H,1-2H3/q+1. The highest BCUT2D eigenvalue weighted by atomic mass is 35.6. The molecule has 2 aromatic rings. The van der Waals surface area contributed by atoms with Crippen molar-refractivity contribution >= 4 is 58.1 Å². The Balaban J connectivity index is 1.67. The van der Waals surface area contributed by atoms with Crippen LogP contribution >= 0.6 is 34.8 Å². The minimum atomic E-state index is -2.04. The van der Waals surface area contributed by atoms with Gasteiger partial charge in [0.05, 0.1) is 18.4 Å². The second-order valence-corrected chi connectivity index (χ2v) is 9.56. The topological polar surface area (TPSA) is 52.4 Å². The van der Waals surface area contributed by atoms with Crippen LogP contribution in [-0.4, -0.2) is 44.7 Å². The van der Waals surface area contributed by atoms with Gasteiger partial charge in [0.1, 0.15) is 5.82 Å². The van der Waals surface area contributed by atoms with Crippen LogP contribution < -0.4 is 10.2 Å². The number of imide groups is 1. The Hall–Kier alpha value is -1.97. The molecule has 6 nitrogen and oxygen atoms in total. The number of likely N-dealkylation sites (N-methyl/N-ethyl adjacent to an activating group) is 1. The van der Waals surface area contributed by atoms with Gasteiger partial charge in [0.15, 0.2) is 12.0 Å².